The van der Waals surface area contributed by atoms with Crippen molar-refractivity contribution in [3.05, 3.63) is 102 Å². The Balaban J connectivity index is 1.48. The van der Waals surface area contributed by atoms with E-state index >= 15 is 0 Å². The van der Waals surface area contributed by atoms with Crippen molar-refractivity contribution in [1.29, 1.82) is 0 Å². The molecule has 0 bridgehead atoms. The maximum Gasteiger partial charge on any atom is 0.425 e. The van der Waals surface area contributed by atoms with Gasteiger partial charge in [0.25, 0.3) is 6.08 Å². The Bertz CT molecular complexity index is 1280. The molecule has 0 unspecified atom stereocenters. The number of halogens is 6. The van der Waals surface area contributed by atoms with Crippen LogP contribution in [-0.4, -0.2) is 6.11 Å². The molecule has 4 rings (SSSR count). The molecule has 0 N–H and O–H groups in total. The summed E-state index contributed by atoms with van der Waals surface area (Å²) in [7, 11) is 0. The second-order valence-corrected chi connectivity index (χ2v) is 9.20. The number of ether oxygens (including phenoxy) is 1. The van der Waals surface area contributed by atoms with Crippen molar-refractivity contribution in [2.75, 3.05) is 0 Å². The van der Waals surface area contributed by atoms with E-state index in [0.717, 1.165) is 30.5 Å². The Hall–Kier alpha value is -3.48. The van der Waals surface area contributed by atoms with Crippen LogP contribution in [0.25, 0.3) is 22.3 Å². The first-order chi connectivity index (χ1) is 17.6. The number of rotatable bonds is 7. The summed E-state index contributed by atoms with van der Waals surface area (Å²) in [4.78, 5) is 0. The van der Waals surface area contributed by atoms with E-state index in [4.69, 9.17) is 0 Å². The fourth-order valence-corrected chi connectivity index (χ4v) is 4.85. The van der Waals surface area contributed by atoms with Gasteiger partial charge in [0.1, 0.15) is 5.82 Å². The Labute approximate surface area is 212 Å². The highest BCUT2D eigenvalue weighted by Gasteiger charge is 2.31. The van der Waals surface area contributed by atoms with E-state index in [0.29, 0.717) is 17.4 Å². The van der Waals surface area contributed by atoms with Crippen LogP contribution in [0.1, 0.15) is 44.1 Å². The lowest BCUT2D eigenvalue weighted by molar-refractivity contribution is -0.135. The maximum absolute atomic E-state index is 15.0. The number of hydrogen-bond donors (Lipinski definition) is 0. The van der Waals surface area contributed by atoms with Crippen molar-refractivity contribution in [3.8, 4) is 28.0 Å². The number of allylic oxidation sites excluding steroid dienone is 2. The average Bonchev–Trinajstić information content (AvgIpc) is 2.85. The van der Waals surface area contributed by atoms with Crippen molar-refractivity contribution >= 4 is 0 Å². The minimum Gasteiger partial charge on any atom is -0.426 e. The summed E-state index contributed by atoms with van der Waals surface area (Å²) in [5.74, 6) is -1.61. The fourth-order valence-electron chi connectivity index (χ4n) is 4.85. The van der Waals surface area contributed by atoms with Gasteiger partial charge in [-0.25, -0.2) is 8.78 Å². The van der Waals surface area contributed by atoms with Crippen LogP contribution < -0.4 is 4.74 Å². The van der Waals surface area contributed by atoms with Gasteiger partial charge in [-0.15, -0.1) is 0 Å². The average molecular weight is 517 g/mol. The molecular weight excluding hydrogens is 490 g/mol. The molecule has 0 amide bonds. The van der Waals surface area contributed by atoms with E-state index in [-0.39, 0.29) is 11.1 Å². The Morgan fingerprint density at radius 2 is 1.43 bits per heavy atom. The van der Waals surface area contributed by atoms with Crippen LogP contribution in [-0.2, 0) is 0 Å². The van der Waals surface area contributed by atoms with Gasteiger partial charge in [-0.2, -0.15) is 17.6 Å². The summed E-state index contributed by atoms with van der Waals surface area (Å²) >= 11 is 0. The molecule has 0 aliphatic heterocycles. The van der Waals surface area contributed by atoms with E-state index in [1.54, 1.807) is 6.07 Å². The molecular formula is C30H26F6O. The van der Waals surface area contributed by atoms with Gasteiger partial charge in [-0.3, -0.25) is 0 Å². The normalized spacial score (nSPS) is 18.1. The van der Waals surface area contributed by atoms with Gasteiger partial charge >= 0.3 is 6.11 Å². The fraction of sp³-hybridized carbons (Fsp3) is 0.267. The lowest BCUT2D eigenvalue weighted by Gasteiger charge is -2.27. The maximum atomic E-state index is 15.0. The van der Waals surface area contributed by atoms with Gasteiger partial charge in [0.2, 0.25) is 0 Å². The van der Waals surface area contributed by atoms with Crippen molar-refractivity contribution < 1.29 is 31.1 Å². The first-order valence-corrected chi connectivity index (χ1v) is 12.1. The largest absolute Gasteiger partial charge is 0.426 e. The molecule has 0 atom stereocenters. The molecule has 3 aromatic carbocycles. The molecule has 0 aromatic heterocycles. The number of benzene rings is 3. The van der Waals surface area contributed by atoms with Crippen molar-refractivity contribution in [3.63, 3.8) is 0 Å². The number of hydrogen-bond acceptors (Lipinski definition) is 1. The molecule has 1 fully saturated rings. The Kier molecular flexibility index (Phi) is 8.10. The van der Waals surface area contributed by atoms with Crippen LogP contribution in [0.5, 0.6) is 5.75 Å². The second-order valence-electron chi connectivity index (χ2n) is 9.20. The summed E-state index contributed by atoms with van der Waals surface area (Å²) in [6.07, 6.45) is 1.24. The van der Waals surface area contributed by atoms with E-state index in [9.17, 15) is 26.3 Å². The van der Waals surface area contributed by atoms with Gasteiger partial charge in [-0.1, -0.05) is 54.6 Å². The first kappa shape index (κ1) is 26.6. The van der Waals surface area contributed by atoms with Crippen LogP contribution in [0.15, 0.2) is 85.0 Å². The van der Waals surface area contributed by atoms with E-state index in [2.05, 4.69) is 29.0 Å². The van der Waals surface area contributed by atoms with Crippen LogP contribution >= 0.6 is 0 Å². The van der Waals surface area contributed by atoms with Crippen molar-refractivity contribution in [1.82, 2.24) is 0 Å². The zero-order valence-electron chi connectivity index (χ0n) is 20.2. The lowest BCUT2D eigenvalue weighted by Crippen LogP contribution is -2.22. The molecule has 0 radical (unpaired) electrons. The summed E-state index contributed by atoms with van der Waals surface area (Å²) < 4.78 is 84.4. The highest BCUT2D eigenvalue weighted by Crippen LogP contribution is 2.37. The van der Waals surface area contributed by atoms with Crippen LogP contribution in [0.2, 0.25) is 0 Å². The third-order valence-electron chi connectivity index (χ3n) is 6.69. The molecule has 0 spiro atoms. The smallest absolute Gasteiger partial charge is 0.425 e. The molecule has 3 aromatic rings. The molecule has 37 heavy (non-hydrogen) atoms. The van der Waals surface area contributed by atoms with Gasteiger partial charge in [-0.05, 0) is 84.9 Å². The Morgan fingerprint density at radius 1 is 0.811 bits per heavy atom. The van der Waals surface area contributed by atoms with E-state index in [1.165, 1.54) is 36.6 Å². The lowest BCUT2D eigenvalue weighted by atomic mass is 9.78. The molecule has 7 heteroatoms. The molecule has 194 valence electrons. The van der Waals surface area contributed by atoms with Crippen molar-refractivity contribution in [2.45, 2.75) is 44.6 Å². The minimum absolute atomic E-state index is 0.0603. The predicted octanol–water partition coefficient (Wildman–Crippen LogP) is 9.90. The first-order valence-electron chi connectivity index (χ1n) is 12.1. The second kappa shape index (κ2) is 11.3. The van der Waals surface area contributed by atoms with Gasteiger partial charge in [0.05, 0.1) is 6.08 Å². The molecule has 1 saturated carbocycles. The monoisotopic (exact) mass is 516 g/mol. The highest BCUT2D eigenvalue weighted by atomic mass is 19.3. The highest BCUT2D eigenvalue weighted by molar-refractivity contribution is 5.71. The number of alkyl halides is 2. The topological polar surface area (TPSA) is 9.23 Å². The van der Waals surface area contributed by atoms with Gasteiger partial charge < -0.3 is 4.74 Å². The molecule has 1 aliphatic carbocycles. The van der Waals surface area contributed by atoms with Crippen molar-refractivity contribution in [2.24, 2.45) is 5.92 Å². The SMILES string of the molecule is C/C=C/C1CCC(c2ccc(-c3ccc(-c4ccc(OC(F)(F)C=C(F)F)c(F)c4)c(F)c3)cc2)CC1. The summed E-state index contributed by atoms with van der Waals surface area (Å²) in [5, 5.41) is 0. The zero-order chi connectivity index (χ0) is 26.6. The van der Waals surface area contributed by atoms with E-state index < -0.39 is 35.6 Å². The van der Waals surface area contributed by atoms with E-state index in [1.807, 2.05) is 19.1 Å². The molecule has 1 aliphatic rings. The van der Waals surface area contributed by atoms with Gasteiger partial charge in [0.15, 0.2) is 11.6 Å². The minimum atomic E-state index is -4.39. The molecule has 1 nitrogen and oxygen atoms in total. The summed E-state index contributed by atoms with van der Waals surface area (Å²) in [6.45, 7) is 2.05. The quantitative estimate of drug-likeness (QED) is 0.224. The third kappa shape index (κ3) is 6.64. The van der Waals surface area contributed by atoms with Crippen LogP contribution in [0, 0.1) is 17.6 Å². The van der Waals surface area contributed by atoms with Crippen LogP contribution in [0.3, 0.4) is 0 Å². The predicted molar refractivity (Wildman–Crippen MR) is 133 cm³/mol. The Morgan fingerprint density at radius 3 is 2.03 bits per heavy atom. The van der Waals surface area contributed by atoms with Gasteiger partial charge in [0, 0.05) is 5.56 Å². The zero-order valence-corrected chi connectivity index (χ0v) is 20.2. The summed E-state index contributed by atoms with van der Waals surface area (Å²) in [5.41, 5.74) is 2.90. The molecule has 0 saturated heterocycles. The van der Waals surface area contributed by atoms with Crippen LogP contribution in [0.4, 0.5) is 26.3 Å². The third-order valence-corrected chi connectivity index (χ3v) is 6.69. The standard InChI is InChI=1S/C30H26F6O/c1-2-3-19-4-6-20(7-5-19)21-8-10-22(11-9-21)23-12-14-25(26(31)16-23)24-13-15-28(27(32)17-24)37-30(35,36)18-29(33)34/h2-3,8-20H,4-7H2,1H3/b3-2+. The summed E-state index contributed by atoms with van der Waals surface area (Å²) in [6, 6.07) is 15.4. The molecule has 0 heterocycles.